The Balaban J connectivity index is 1.75. The van der Waals surface area contributed by atoms with Crippen molar-refractivity contribution in [2.75, 3.05) is 5.32 Å². The summed E-state index contributed by atoms with van der Waals surface area (Å²) in [4.78, 5) is 10.2. The van der Waals surface area contributed by atoms with Gasteiger partial charge in [0.05, 0.1) is 4.92 Å². The van der Waals surface area contributed by atoms with Crippen molar-refractivity contribution < 1.29 is 4.92 Å². The lowest BCUT2D eigenvalue weighted by molar-refractivity contribution is -0.384. The summed E-state index contributed by atoms with van der Waals surface area (Å²) < 4.78 is 0. The third kappa shape index (κ3) is 5.79. The number of hydrogen-bond acceptors (Lipinski definition) is 4. The van der Waals surface area contributed by atoms with Crippen LogP contribution in [-0.2, 0) is 0 Å². The molecular formula is C16H23N5O2S2. The Bertz CT molecular complexity index is 638. The van der Waals surface area contributed by atoms with Crippen LogP contribution in [0.4, 0.5) is 11.4 Å². The lowest BCUT2D eigenvalue weighted by Crippen LogP contribution is -2.53. The molecular weight excluding hydrogens is 358 g/mol. The number of benzene rings is 1. The van der Waals surface area contributed by atoms with Gasteiger partial charge >= 0.3 is 0 Å². The highest BCUT2D eigenvalue weighted by molar-refractivity contribution is 7.80. The first kappa shape index (κ1) is 19.3. The maximum atomic E-state index is 10.6. The number of hydrogen-bond donors (Lipinski definition) is 4. The number of rotatable bonds is 3. The predicted octanol–water partition coefficient (Wildman–Crippen LogP) is 3.09. The fourth-order valence-corrected chi connectivity index (χ4v) is 3.30. The maximum Gasteiger partial charge on any atom is 0.269 e. The third-order valence-corrected chi connectivity index (χ3v) is 5.07. The average Bonchev–Trinajstić information content (AvgIpc) is 2.58. The van der Waals surface area contributed by atoms with Gasteiger partial charge in [0.15, 0.2) is 10.2 Å². The number of thiocarbonyl (C=S) groups is 2. The number of non-ortho nitro benzene ring substituents is 1. The summed E-state index contributed by atoms with van der Waals surface area (Å²) >= 11 is 10.5. The van der Waals surface area contributed by atoms with Crippen molar-refractivity contribution in [2.24, 2.45) is 11.8 Å². The molecule has 4 N–H and O–H groups in total. The van der Waals surface area contributed by atoms with E-state index in [1.165, 1.54) is 25.0 Å². The van der Waals surface area contributed by atoms with Crippen molar-refractivity contribution in [3.63, 3.8) is 0 Å². The Labute approximate surface area is 158 Å². The van der Waals surface area contributed by atoms with E-state index in [1.807, 2.05) is 0 Å². The summed E-state index contributed by atoms with van der Waals surface area (Å²) in [6.07, 6.45) is 3.58. The van der Waals surface area contributed by atoms with Crippen molar-refractivity contribution in [3.05, 3.63) is 34.4 Å². The monoisotopic (exact) mass is 381 g/mol. The quantitative estimate of drug-likeness (QED) is 0.361. The largest absolute Gasteiger partial charge is 0.358 e. The van der Waals surface area contributed by atoms with Crippen molar-refractivity contribution in [2.45, 2.75) is 39.2 Å². The minimum absolute atomic E-state index is 0.0313. The van der Waals surface area contributed by atoms with Crippen molar-refractivity contribution >= 4 is 46.0 Å². The third-order valence-electron chi connectivity index (χ3n) is 4.65. The molecule has 1 aromatic rings. The van der Waals surface area contributed by atoms with E-state index >= 15 is 0 Å². The smallest absolute Gasteiger partial charge is 0.269 e. The second kappa shape index (κ2) is 8.91. The Morgan fingerprint density at radius 1 is 1.12 bits per heavy atom. The molecule has 0 saturated heterocycles. The van der Waals surface area contributed by atoms with E-state index in [2.05, 4.69) is 35.3 Å². The molecule has 136 valence electrons. The molecule has 0 radical (unpaired) electrons. The first-order chi connectivity index (χ1) is 11.9. The lowest BCUT2D eigenvalue weighted by atomic mass is 9.78. The molecule has 0 unspecified atom stereocenters. The van der Waals surface area contributed by atoms with Gasteiger partial charge in [0.25, 0.3) is 5.69 Å². The number of nitrogens with one attached hydrogen (secondary N) is 4. The van der Waals surface area contributed by atoms with Gasteiger partial charge < -0.3 is 10.6 Å². The first-order valence-corrected chi connectivity index (χ1v) is 9.06. The van der Waals surface area contributed by atoms with Crippen LogP contribution in [0.3, 0.4) is 0 Å². The Hall–Kier alpha value is -2.00. The first-order valence-electron chi connectivity index (χ1n) is 8.24. The van der Waals surface area contributed by atoms with Crippen LogP contribution in [0.2, 0.25) is 0 Å². The molecule has 0 amide bonds. The van der Waals surface area contributed by atoms with Gasteiger partial charge in [-0.2, -0.15) is 0 Å². The molecule has 9 heteroatoms. The number of anilines is 1. The zero-order chi connectivity index (χ0) is 18.4. The number of nitro groups is 1. The Morgan fingerprint density at radius 3 is 2.40 bits per heavy atom. The maximum absolute atomic E-state index is 10.6. The molecule has 0 aromatic heterocycles. The molecule has 0 heterocycles. The molecule has 1 aliphatic carbocycles. The summed E-state index contributed by atoms with van der Waals surface area (Å²) in [5.41, 5.74) is 6.37. The average molecular weight is 382 g/mol. The van der Waals surface area contributed by atoms with Crippen molar-refractivity contribution in [1.29, 1.82) is 0 Å². The minimum Gasteiger partial charge on any atom is -0.358 e. The standard InChI is InChI=1S/C16H23N5O2S2/c1-10-4-3-5-14(11(10)2)18-16(25)20-19-15(24)17-12-6-8-13(9-7-12)21(22)23/h6-11,14H,3-5H2,1-2H3,(H2,17,19,24)(H2,18,20,25)/t10-,11-,14-/m1/s1. The van der Waals surface area contributed by atoms with Crippen LogP contribution in [-0.4, -0.2) is 21.2 Å². The van der Waals surface area contributed by atoms with Gasteiger partial charge in [-0.05, 0) is 54.8 Å². The second-order valence-electron chi connectivity index (χ2n) is 6.36. The van der Waals surface area contributed by atoms with Crippen LogP contribution in [0.1, 0.15) is 33.1 Å². The summed E-state index contributed by atoms with van der Waals surface area (Å²) in [5.74, 6) is 1.26. The second-order valence-corrected chi connectivity index (χ2v) is 7.17. The number of nitro benzene ring substituents is 1. The molecule has 0 spiro atoms. The van der Waals surface area contributed by atoms with E-state index in [0.717, 1.165) is 6.42 Å². The highest BCUT2D eigenvalue weighted by Crippen LogP contribution is 2.29. The van der Waals surface area contributed by atoms with Crippen LogP contribution in [0.15, 0.2) is 24.3 Å². The molecule has 0 bridgehead atoms. The normalized spacial score (nSPS) is 22.6. The van der Waals surface area contributed by atoms with Gasteiger partial charge in [-0.25, -0.2) is 0 Å². The highest BCUT2D eigenvalue weighted by Gasteiger charge is 2.27. The van der Waals surface area contributed by atoms with Gasteiger partial charge in [0, 0.05) is 23.9 Å². The lowest BCUT2D eigenvalue weighted by Gasteiger charge is -2.35. The van der Waals surface area contributed by atoms with Crippen LogP contribution < -0.4 is 21.5 Å². The van der Waals surface area contributed by atoms with Gasteiger partial charge in [-0.15, -0.1) is 0 Å². The summed E-state index contributed by atoms with van der Waals surface area (Å²) in [6, 6.07) is 6.37. The van der Waals surface area contributed by atoms with Crippen molar-refractivity contribution in [3.8, 4) is 0 Å². The minimum atomic E-state index is -0.445. The molecule has 1 aliphatic rings. The zero-order valence-electron chi connectivity index (χ0n) is 14.2. The molecule has 25 heavy (non-hydrogen) atoms. The molecule has 1 fully saturated rings. The molecule has 1 saturated carbocycles. The molecule has 2 rings (SSSR count). The fraction of sp³-hybridized carbons (Fsp3) is 0.500. The van der Waals surface area contributed by atoms with Crippen LogP contribution >= 0.6 is 24.4 Å². The molecule has 3 atom stereocenters. The van der Waals surface area contributed by atoms with Crippen molar-refractivity contribution in [1.82, 2.24) is 16.2 Å². The van der Waals surface area contributed by atoms with E-state index in [0.29, 0.717) is 33.8 Å². The van der Waals surface area contributed by atoms with Crippen LogP contribution in [0, 0.1) is 22.0 Å². The van der Waals surface area contributed by atoms with Gasteiger partial charge in [-0.1, -0.05) is 26.7 Å². The summed E-state index contributed by atoms with van der Waals surface area (Å²) in [7, 11) is 0. The SMILES string of the molecule is C[C@@H]1[C@H](C)CCC[C@H]1NC(=S)NNC(=S)Nc1ccc([N+](=O)[O-])cc1. The topological polar surface area (TPSA) is 91.3 Å². The molecule has 0 aliphatic heterocycles. The molecule has 7 nitrogen and oxygen atoms in total. The Kier molecular flexibility index (Phi) is 6.89. The van der Waals surface area contributed by atoms with E-state index in [4.69, 9.17) is 24.4 Å². The number of hydrazine groups is 1. The van der Waals surface area contributed by atoms with Gasteiger partial charge in [0.2, 0.25) is 0 Å². The molecule has 1 aromatic carbocycles. The predicted molar refractivity (Wildman–Crippen MR) is 107 cm³/mol. The fourth-order valence-electron chi connectivity index (χ4n) is 2.93. The summed E-state index contributed by atoms with van der Waals surface area (Å²) in [6.45, 7) is 4.52. The van der Waals surface area contributed by atoms with Crippen LogP contribution in [0.25, 0.3) is 0 Å². The van der Waals surface area contributed by atoms with Gasteiger partial charge in [-0.3, -0.25) is 21.0 Å². The van der Waals surface area contributed by atoms with E-state index < -0.39 is 4.92 Å². The van der Waals surface area contributed by atoms with E-state index in [9.17, 15) is 10.1 Å². The summed E-state index contributed by atoms with van der Waals surface area (Å²) in [5, 5.41) is 17.7. The zero-order valence-corrected chi connectivity index (χ0v) is 15.9. The number of nitrogens with zero attached hydrogens (tertiary/aromatic N) is 1. The van der Waals surface area contributed by atoms with E-state index in [1.54, 1.807) is 12.1 Å². The Morgan fingerprint density at radius 2 is 1.76 bits per heavy atom. The highest BCUT2D eigenvalue weighted by atomic mass is 32.1. The van der Waals surface area contributed by atoms with E-state index in [-0.39, 0.29) is 5.69 Å². The van der Waals surface area contributed by atoms with Gasteiger partial charge in [0.1, 0.15) is 0 Å². The van der Waals surface area contributed by atoms with Crippen LogP contribution in [0.5, 0.6) is 0 Å².